The lowest BCUT2D eigenvalue weighted by atomic mass is 10.1. The molecule has 0 amide bonds. The predicted molar refractivity (Wildman–Crippen MR) is 62.0 cm³/mol. The lowest BCUT2D eigenvalue weighted by Gasteiger charge is -2.11. The van der Waals surface area contributed by atoms with Gasteiger partial charge in [-0.15, -0.1) is 13.2 Å². The summed E-state index contributed by atoms with van der Waals surface area (Å²) in [7, 11) is 0. The van der Waals surface area contributed by atoms with E-state index in [-0.39, 0.29) is 10.6 Å². The fourth-order valence-corrected chi connectivity index (χ4v) is 1.59. The number of halogens is 4. The molecule has 0 saturated carbocycles. The number of ether oxygens (including phenoxy) is 1. The van der Waals surface area contributed by atoms with Crippen molar-refractivity contribution in [2.75, 3.05) is 0 Å². The van der Waals surface area contributed by atoms with Crippen molar-refractivity contribution in [2.24, 2.45) is 0 Å². The van der Waals surface area contributed by atoms with Crippen LogP contribution in [0.15, 0.2) is 35.1 Å². The second kappa shape index (κ2) is 4.93. The van der Waals surface area contributed by atoms with Gasteiger partial charge in [-0.25, -0.2) is 5.10 Å². The number of hydrogen-bond donors (Lipinski definition) is 1. The molecular formula is C11H6ClF3N2O2. The smallest absolute Gasteiger partial charge is 0.404 e. The Hall–Kier alpha value is -2.02. The molecule has 8 heteroatoms. The summed E-state index contributed by atoms with van der Waals surface area (Å²) >= 11 is 5.69. The summed E-state index contributed by atoms with van der Waals surface area (Å²) < 4.78 is 39.9. The zero-order chi connectivity index (χ0) is 14.0. The van der Waals surface area contributed by atoms with Crippen molar-refractivity contribution in [1.82, 2.24) is 10.2 Å². The zero-order valence-corrected chi connectivity index (χ0v) is 9.92. The molecule has 0 fully saturated rings. The highest BCUT2D eigenvalue weighted by atomic mass is 35.5. The maximum atomic E-state index is 12.1. The first-order chi connectivity index (χ1) is 8.85. The Balaban J connectivity index is 2.33. The van der Waals surface area contributed by atoms with E-state index in [0.29, 0.717) is 11.3 Å². The number of hydrogen-bond acceptors (Lipinski definition) is 3. The Morgan fingerprint density at radius 1 is 1.21 bits per heavy atom. The standard InChI is InChI=1S/C11H6ClF3N2O2/c12-7-5-6(8-2-4-10(18)17-16-8)1-3-9(7)19-11(13,14)15/h1-5H,(H,17,18). The molecule has 0 unspecified atom stereocenters. The molecule has 0 aliphatic rings. The average molecular weight is 291 g/mol. The van der Waals surface area contributed by atoms with E-state index in [9.17, 15) is 18.0 Å². The van der Waals surface area contributed by atoms with Crippen LogP contribution in [0.1, 0.15) is 0 Å². The minimum atomic E-state index is -4.80. The number of alkyl halides is 3. The lowest BCUT2D eigenvalue weighted by molar-refractivity contribution is -0.274. The van der Waals surface area contributed by atoms with Crippen LogP contribution >= 0.6 is 11.6 Å². The molecule has 1 aromatic carbocycles. The predicted octanol–water partition coefficient (Wildman–Crippen LogP) is 2.99. The highest BCUT2D eigenvalue weighted by Crippen LogP contribution is 2.32. The minimum Gasteiger partial charge on any atom is -0.404 e. The summed E-state index contributed by atoms with van der Waals surface area (Å²) in [6, 6.07) is 6.37. The Morgan fingerprint density at radius 2 is 1.95 bits per heavy atom. The lowest BCUT2D eigenvalue weighted by Crippen LogP contribution is -2.17. The summed E-state index contributed by atoms with van der Waals surface area (Å²) in [6.45, 7) is 0. The molecule has 0 aliphatic carbocycles. The molecule has 0 radical (unpaired) electrons. The molecule has 1 N–H and O–H groups in total. The highest BCUT2D eigenvalue weighted by Gasteiger charge is 2.32. The van der Waals surface area contributed by atoms with Crippen LogP contribution < -0.4 is 10.3 Å². The van der Waals surface area contributed by atoms with Gasteiger partial charge in [0.2, 0.25) is 0 Å². The Kier molecular flexibility index (Phi) is 3.48. The first kappa shape index (κ1) is 13.4. The van der Waals surface area contributed by atoms with Gasteiger partial charge < -0.3 is 4.74 Å². The Morgan fingerprint density at radius 3 is 2.47 bits per heavy atom. The van der Waals surface area contributed by atoms with E-state index in [1.807, 2.05) is 0 Å². The van der Waals surface area contributed by atoms with Gasteiger partial charge in [0.25, 0.3) is 5.56 Å². The van der Waals surface area contributed by atoms with Crippen LogP contribution in [-0.2, 0) is 0 Å². The topological polar surface area (TPSA) is 55.0 Å². The van der Waals surface area contributed by atoms with Crippen LogP contribution in [0.5, 0.6) is 5.75 Å². The van der Waals surface area contributed by atoms with Crippen molar-refractivity contribution in [3.63, 3.8) is 0 Å². The van der Waals surface area contributed by atoms with Crippen molar-refractivity contribution in [1.29, 1.82) is 0 Å². The highest BCUT2D eigenvalue weighted by molar-refractivity contribution is 6.32. The summed E-state index contributed by atoms with van der Waals surface area (Å²) in [5, 5.41) is 5.74. The van der Waals surface area contributed by atoms with Crippen molar-refractivity contribution in [3.05, 3.63) is 45.7 Å². The van der Waals surface area contributed by atoms with Crippen molar-refractivity contribution in [3.8, 4) is 17.0 Å². The zero-order valence-electron chi connectivity index (χ0n) is 9.16. The summed E-state index contributed by atoms with van der Waals surface area (Å²) in [4.78, 5) is 10.8. The molecule has 4 nitrogen and oxygen atoms in total. The third-order valence-corrected chi connectivity index (χ3v) is 2.43. The fraction of sp³-hybridized carbons (Fsp3) is 0.0909. The van der Waals surface area contributed by atoms with Crippen LogP contribution in [0.3, 0.4) is 0 Å². The monoisotopic (exact) mass is 290 g/mol. The van der Waals surface area contributed by atoms with Crippen molar-refractivity contribution >= 4 is 11.6 Å². The molecule has 0 atom stereocenters. The van der Waals surface area contributed by atoms with Crippen LogP contribution in [0.25, 0.3) is 11.3 Å². The Labute approximate surface area is 109 Å². The first-order valence-corrected chi connectivity index (χ1v) is 5.34. The number of rotatable bonds is 2. The number of nitrogens with zero attached hydrogens (tertiary/aromatic N) is 1. The third-order valence-electron chi connectivity index (χ3n) is 2.13. The van der Waals surface area contributed by atoms with Gasteiger partial charge in [0, 0.05) is 11.6 Å². The second-order valence-corrected chi connectivity index (χ2v) is 3.91. The largest absolute Gasteiger partial charge is 0.573 e. The van der Waals surface area contributed by atoms with Gasteiger partial charge in [-0.1, -0.05) is 11.6 Å². The quantitative estimate of drug-likeness (QED) is 0.925. The van der Waals surface area contributed by atoms with Gasteiger partial charge in [-0.05, 0) is 24.3 Å². The van der Waals surface area contributed by atoms with Crippen LogP contribution in [-0.4, -0.2) is 16.6 Å². The molecule has 2 aromatic rings. The van der Waals surface area contributed by atoms with Crippen LogP contribution in [0.2, 0.25) is 5.02 Å². The third kappa shape index (κ3) is 3.47. The van der Waals surface area contributed by atoms with Gasteiger partial charge in [-0.2, -0.15) is 5.10 Å². The minimum absolute atomic E-state index is 0.206. The number of benzene rings is 1. The van der Waals surface area contributed by atoms with E-state index in [1.165, 1.54) is 24.3 Å². The Bertz CT molecular complexity index is 635. The van der Waals surface area contributed by atoms with Gasteiger partial charge in [0.15, 0.2) is 0 Å². The van der Waals surface area contributed by atoms with Gasteiger partial charge >= 0.3 is 6.36 Å². The molecular weight excluding hydrogens is 285 g/mol. The molecule has 0 saturated heterocycles. The second-order valence-electron chi connectivity index (χ2n) is 3.50. The summed E-state index contributed by atoms with van der Waals surface area (Å²) in [5.74, 6) is -0.498. The molecule has 0 spiro atoms. The van der Waals surface area contributed by atoms with Crippen LogP contribution in [0, 0.1) is 0 Å². The fourth-order valence-electron chi connectivity index (χ4n) is 1.37. The molecule has 100 valence electrons. The maximum Gasteiger partial charge on any atom is 0.573 e. The van der Waals surface area contributed by atoms with E-state index in [2.05, 4.69) is 14.9 Å². The van der Waals surface area contributed by atoms with E-state index >= 15 is 0 Å². The van der Waals surface area contributed by atoms with E-state index in [0.717, 1.165) is 6.07 Å². The number of nitrogens with one attached hydrogen (secondary N) is 1. The van der Waals surface area contributed by atoms with Gasteiger partial charge in [0.05, 0.1) is 10.7 Å². The van der Waals surface area contributed by atoms with Crippen molar-refractivity contribution in [2.45, 2.75) is 6.36 Å². The van der Waals surface area contributed by atoms with Gasteiger partial charge in [0.1, 0.15) is 5.75 Å². The van der Waals surface area contributed by atoms with E-state index < -0.39 is 12.1 Å². The summed E-state index contributed by atoms with van der Waals surface area (Å²) in [6.07, 6.45) is -4.80. The number of aromatic amines is 1. The maximum absolute atomic E-state index is 12.1. The SMILES string of the molecule is O=c1ccc(-c2ccc(OC(F)(F)F)c(Cl)c2)n[nH]1. The number of aromatic nitrogens is 2. The molecule has 2 rings (SSSR count). The number of H-pyrrole nitrogens is 1. The first-order valence-electron chi connectivity index (χ1n) is 4.96. The molecule has 1 heterocycles. The average Bonchev–Trinajstić information content (AvgIpc) is 2.31. The molecule has 0 bridgehead atoms. The van der Waals surface area contributed by atoms with E-state index in [4.69, 9.17) is 11.6 Å². The van der Waals surface area contributed by atoms with E-state index in [1.54, 1.807) is 0 Å². The molecule has 1 aromatic heterocycles. The summed E-state index contributed by atoms with van der Waals surface area (Å²) in [5.41, 5.74) is 0.447. The molecule has 0 aliphatic heterocycles. The van der Waals surface area contributed by atoms with Gasteiger partial charge in [-0.3, -0.25) is 4.79 Å². The van der Waals surface area contributed by atoms with Crippen molar-refractivity contribution < 1.29 is 17.9 Å². The van der Waals surface area contributed by atoms with Crippen LogP contribution in [0.4, 0.5) is 13.2 Å². The normalized spacial score (nSPS) is 11.4. The molecule has 19 heavy (non-hydrogen) atoms.